The largest absolute Gasteiger partial charge is 0.328 e. The lowest BCUT2D eigenvalue weighted by molar-refractivity contribution is -0.142. The molecule has 90 valence electrons. The van der Waals surface area contributed by atoms with Gasteiger partial charge in [-0.25, -0.2) is 4.79 Å². The van der Waals surface area contributed by atoms with Gasteiger partial charge in [-0.15, -0.1) is 0 Å². The van der Waals surface area contributed by atoms with Crippen LogP contribution >= 0.6 is 0 Å². The Morgan fingerprint density at radius 3 is 2.35 bits per heavy atom. The predicted octanol–water partition coefficient (Wildman–Crippen LogP) is 1.03. The van der Waals surface area contributed by atoms with Gasteiger partial charge in [0.1, 0.15) is 5.41 Å². The normalized spacial score (nSPS) is 22.9. The standard InChI is InChI=1S/C12H14N2O3/c1-2-12(8-6-4-3-5-7-8)9(15)13-11(17)14-10(12)16/h3-4,6H,2,5,7H2,1H3,(H2,13,14,15,16,17). The summed E-state index contributed by atoms with van der Waals surface area (Å²) in [6.45, 7) is 1.77. The molecule has 17 heavy (non-hydrogen) atoms. The number of allylic oxidation sites excluding steroid dienone is 3. The fourth-order valence-electron chi connectivity index (χ4n) is 2.35. The van der Waals surface area contributed by atoms with Crippen molar-refractivity contribution in [1.82, 2.24) is 10.6 Å². The van der Waals surface area contributed by atoms with Crippen molar-refractivity contribution in [2.75, 3.05) is 0 Å². The van der Waals surface area contributed by atoms with E-state index < -0.39 is 23.3 Å². The van der Waals surface area contributed by atoms with Crippen molar-refractivity contribution in [3.8, 4) is 0 Å². The van der Waals surface area contributed by atoms with Gasteiger partial charge in [-0.1, -0.05) is 25.2 Å². The maximum Gasteiger partial charge on any atom is 0.328 e. The maximum absolute atomic E-state index is 12.0. The van der Waals surface area contributed by atoms with Gasteiger partial charge in [0.25, 0.3) is 0 Å². The van der Waals surface area contributed by atoms with Crippen LogP contribution in [-0.2, 0) is 9.59 Å². The molecule has 2 rings (SSSR count). The highest BCUT2D eigenvalue weighted by Crippen LogP contribution is 2.37. The average Bonchev–Trinajstić information content (AvgIpc) is 2.30. The number of urea groups is 1. The molecule has 1 aliphatic heterocycles. The second-order valence-corrected chi connectivity index (χ2v) is 4.15. The molecule has 1 saturated heterocycles. The first-order valence-corrected chi connectivity index (χ1v) is 5.64. The molecular weight excluding hydrogens is 220 g/mol. The molecule has 1 fully saturated rings. The number of carbonyl (C=O) groups excluding carboxylic acids is 3. The van der Waals surface area contributed by atoms with Crippen molar-refractivity contribution in [2.45, 2.75) is 26.2 Å². The minimum Gasteiger partial charge on any atom is -0.277 e. The summed E-state index contributed by atoms with van der Waals surface area (Å²) >= 11 is 0. The zero-order valence-electron chi connectivity index (χ0n) is 9.58. The number of hydrogen-bond acceptors (Lipinski definition) is 3. The number of amides is 4. The summed E-state index contributed by atoms with van der Waals surface area (Å²) in [4.78, 5) is 35.1. The van der Waals surface area contributed by atoms with Gasteiger partial charge < -0.3 is 0 Å². The van der Waals surface area contributed by atoms with Gasteiger partial charge in [0.2, 0.25) is 11.8 Å². The highest BCUT2D eigenvalue weighted by atomic mass is 16.2. The Bertz CT molecular complexity index is 429. The average molecular weight is 234 g/mol. The highest BCUT2D eigenvalue weighted by Gasteiger charge is 2.51. The molecule has 5 heteroatoms. The van der Waals surface area contributed by atoms with Crippen molar-refractivity contribution in [1.29, 1.82) is 0 Å². The van der Waals surface area contributed by atoms with Crippen LogP contribution in [0, 0.1) is 5.41 Å². The molecule has 0 saturated carbocycles. The van der Waals surface area contributed by atoms with Crippen LogP contribution in [0.2, 0.25) is 0 Å². The van der Waals surface area contributed by atoms with E-state index in [4.69, 9.17) is 0 Å². The number of hydrogen-bond donors (Lipinski definition) is 2. The van der Waals surface area contributed by atoms with Crippen LogP contribution in [0.25, 0.3) is 0 Å². The van der Waals surface area contributed by atoms with Crippen LogP contribution in [0.5, 0.6) is 0 Å². The minimum absolute atomic E-state index is 0.345. The second kappa shape index (κ2) is 4.16. The summed E-state index contributed by atoms with van der Waals surface area (Å²) in [6, 6.07) is -0.740. The molecule has 0 bridgehead atoms. The molecule has 4 amide bonds. The van der Waals surface area contributed by atoms with Gasteiger partial charge in [0.15, 0.2) is 0 Å². The fraction of sp³-hybridized carbons (Fsp3) is 0.417. The third-order valence-corrected chi connectivity index (χ3v) is 3.32. The van der Waals surface area contributed by atoms with Crippen LogP contribution in [-0.4, -0.2) is 17.8 Å². The number of barbiturate groups is 1. The number of rotatable bonds is 2. The summed E-state index contributed by atoms with van der Waals surface area (Å²) in [7, 11) is 0. The molecule has 0 spiro atoms. The Morgan fingerprint density at radius 2 is 1.88 bits per heavy atom. The van der Waals surface area contributed by atoms with Gasteiger partial charge in [0, 0.05) is 0 Å². The Kier molecular flexibility index (Phi) is 2.83. The zero-order chi connectivity index (χ0) is 12.5. The lowest BCUT2D eigenvalue weighted by Gasteiger charge is -2.35. The van der Waals surface area contributed by atoms with Crippen molar-refractivity contribution in [2.24, 2.45) is 5.41 Å². The van der Waals surface area contributed by atoms with Crippen molar-refractivity contribution >= 4 is 17.8 Å². The molecule has 0 aromatic rings. The lowest BCUT2D eigenvalue weighted by Crippen LogP contribution is -2.62. The lowest BCUT2D eigenvalue weighted by atomic mass is 9.72. The van der Waals surface area contributed by atoms with Gasteiger partial charge >= 0.3 is 6.03 Å². The summed E-state index contributed by atoms with van der Waals surface area (Å²) < 4.78 is 0. The molecule has 0 aromatic heterocycles. The van der Waals surface area contributed by atoms with Crippen LogP contribution in [0.4, 0.5) is 4.79 Å². The fourth-order valence-corrected chi connectivity index (χ4v) is 2.35. The summed E-state index contributed by atoms with van der Waals surface area (Å²) in [6.07, 6.45) is 7.44. The molecule has 5 nitrogen and oxygen atoms in total. The number of nitrogens with one attached hydrogen (secondary N) is 2. The van der Waals surface area contributed by atoms with Gasteiger partial charge in [0.05, 0.1) is 0 Å². The second-order valence-electron chi connectivity index (χ2n) is 4.15. The van der Waals surface area contributed by atoms with Crippen LogP contribution in [0.3, 0.4) is 0 Å². The van der Waals surface area contributed by atoms with E-state index in [-0.39, 0.29) is 0 Å². The third-order valence-electron chi connectivity index (χ3n) is 3.32. The van der Waals surface area contributed by atoms with Gasteiger partial charge in [-0.2, -0.15) is 0 Å². The van der Waals surface area contributed by atoms with Crippen molar-refractivity contribution < 1.29 is 14.4 Å². The van der Waals surface area contributed by atoms with E-state index in [9.17, 15) is 14.4 Å². The quantitative estimate of drug-likeness (QED) is 0.700. The van der Waals surface area contributed by atoms with Crippen molar-refractivity contribution in [3.05, 3.63) is 23.8 Å². The summed E-state index contributed by atoms with van der Waals surface area (Å²) in [5, 5.41) is 4.35. The first-order valence-electron chi connectivity index (χ1n) is 5.64. The Hall–Kier alpha value is -1.91. The number of imide groups is 2. The van der Waals surface area contributed by atoms with E-state index in [0.29, 0.717) is 12.8 Å². The van der Waals surface area contributed by atoms with Crippen LogP contribution in [0.15, 0.2) is 23.8 Å². The molecule has 2 N–H and O–H groups in total. The summed E-state index contributed by atoms with van der Waals surface area (Å²) in [5.41, 5.74) is -0.455. The van der Waals surface area contributed by atoms with E-state index in [0.717, 1.165) is 12.0 Å². The Labute approximate surface area is 98.9 Å². The van der Waals surface area contributed by atoms with E-state index in [1.54, 1.807) is 13.0 Å². The van der Waals surface area contributed by atoms with Gasteiger partial charge in [-0.3, -0.25) is 20.2 Å². The first-order chi connectivity index (χ1) is 8.11. The van der Waals surface area contributed by atoms with Crippen LogP contribution < -0.4 is 10.6 Å². The molecule has 1 aliphatic carbocycles. The Balaban J connectivity index is 2.45. The first kappa shape index (κ1) is 11.6. The van der Waals surface area contributed by atoms with E-state index in [1.807, 2.05) is 12.2 Å². The zero-order valence-corrected chi connectivity index (χ0v) is 9.58. The van der Waals surface area contributed by atoms with E-state index >= 15 is 0 Å². The van der Waals surface area contributed by atoms with Crippen molar-refractivity contribution in [3.63, 3.8) is 0 Å². The van der Waals surface area contributed by atoms with Crippen LogP contribution in [0.1, 0.15) is 26.2 Å². The topological polar surface area (TPSA) is 75.3 Å². The van der Waals surface area contributed by atoms with E-state index in [1.165, 1.54) is 0 Å². The highest BCUT2D eigenvalue weighted by molar-refractivity contribution is 6.21. The summed E-state index contributed by atoms with van der Waals surface area (Å²) in [5.74, 6) is -1.04. The molecule has 0 atom stereocenters. The third kappa shape index (κ3) is 1.67. The minimum atomic E-state index is -1.22. The Morgan fingerprint density at radius 1 is 1.24 bits per heavy atom. The molecule has 0 unspecified atom stereocenters. The maximum atomic E-state index is 12.0. The molecular formula is C12H14N2O3. The predicted molar refractivity (Wildman–Crippen MR) is 60.9 cm³/mol. The molecule has 1 heterocycles. The smallest absolute Gasteiger partial charge is 0.277 e. The van der Waals surface area contributed by atoms with E-state index in [2.05, 4.69) is 10.6 Å². The molecule has 2 aliphatic rings. The molecule has 0 aromatic carbocycles. The van der Waals surface area contributed by atoms with Gasteiger partial charge in [-0.05, 0) is 24.8 Å². The SMILES string of the molecule is CCC1(C2=CC=CCC2)C(=O)NC(=O)NC1=O. The molecule has 0 radical (unpaired) electrons. The monoisotopic (exact) mass is 234 g/mol. The number of carbonyl (C=O) groups is 3.